The van der Waals surface area contributed by atoms with Crippen molar-refractivity contribution in [2.75, 3.05) is 13.2 Å². The Morgan fingerprint density at radius 2 is 0.758 bits per heavy atom. The van der Waals surface area contributed by atoms with Gasteiger partial charge in [0.2, 0.25) is 5.91 Å². The third-order valence-corrected chi connectivity index (χ3v) is 17.5. The van der Waals surface area contributed by atoms with Gasteiger partial charge < -0.3 is 45.1 Å². The lowest BCUT2D eigenvalue weighted by atomic mass is 9.99. The Morgan fingerprint density at radius 1 is 0.429 bits per heavy atom. The number of rotatable bonds is 65. The van der Waals surface area contributed by atoms with Gasteiger partial charge in [-0.1, -0.05) is 317 Å². The van der Waals surface area contributed by atoms with Crippen LogP contribution < -0.4 is 5.32 Å². The molecule has 1 amide bonds. The van der Waals surface area contributed by atoms with Crippen molar-refractivity contribution in [3.63, 3.8) is 0 Å². The molecule has 91 heavy (non-hydrogen) atoms. The minimum Gasteiger partial charge on any atom is -0.454 e. The van der Waals surface area contributed by atoms with E-state index in [9.17, 15) is 35.1 Å². The van der Waals surface area contributed by atoms with E-state index in [1.54, 1.807) is 6.08 Å². The van der Waals surface area contributed by atoms with Gasteiger partial charge in [-0.15, -0.1) is 0 Å². The fourth-order valence-electron chi connectivity index (χ4n) is 11.5. The summed E-state index contributed by atoms with van der Waals surface area (Å²) < 4.78 is 17.7. The Balaban J connectivity index is 2.52. The van der Waals surface area contributed by atoms with Gasteiger partial charge in [0.25, 0.3) is 0 Å². The number of unbranched alkanes of at least 4 members (excludes halogenated alkanes) is 37. The van der Waals surface area contributed by atoms with Gasteiger partial charge in [0.15, 0.2) is 12.4 Å². The zero-order valence-electron chi connectivity index (χ0n) is 58.7. The summed E-state index contributed by atoms with van der Waals surface area (Å²) in [5, 5.41) is 57.3. The molecule has 11 heteroatoms. The Labute approximate surface area is 558 Å². The molecule has 0 bridgehead atoms. The summed E-state index contributed by atoms with van der Waals surface area (Å²) in [5.74, 6) is -1.20. The maximum absolute atomic E-state index is 13.5. The molecule has 0 aromatic carbocycles. The smallest absolute Gasteiger partial charge is 0.306 e. The van der Waals surface area contributed by atoms with Gasteiger partial charge in [0, 0.05) is 6.42 Å². The summed E-state index contributed by atoms with van der Waals surface area (Å²) in [6.45, 7) is 5.76. The van der Waals surface area contributed by atoms with E-state index < -0.39 is 67.4 Å². The fourth-order valence-corrected chi connectivity index (χ4v) is 11.5. The number of hydrogen-bond acceptors (Lipinski definition) is 10. The molecule has 526 valence electrons. The maximum Gasteiger partial charge on any atom is 0.306 e. The van der Waals surface area contributed by atoms with Crippen LogP contribution in [0.25, 0.3) is 0 Å². The zero-order chi connectivity index (χ0) is 66.0. The number of amides is 1. The molecule has 0 aliphatic carbocycles. The molecule has 0 aromatic rings. The van der Waals surface area contributed by atoms with Gasteiger partial charge in [-0.2, -0.15) is 0 Å². The predicted octanol–water partition coefficient (Wildman–Crippen LogP) is 20.2. The van der Waals surface area contributed by atoms with Crippen molar-refractivity contribution in [3.05, 3.63) is 97.2 Å². The number of aliphatic hydroxyl groups is 5. The highest BCUT2D eigenvalue weighted by Crippen LogP contribution is 2.26. The number of carbonyl (C=O) groups is 2. The lowest BCUT2D eigenvalue weighted by molar-refractivity contribution is -0.305. The van der Waals surface area contributed by atoms with Crippen LogP contribution in [0.2, 0.25) is 0 Å². The van der Waals surface area contributed by atoms with Crippen molar-refractivity contribution in [2.45, 2.75) is 384 Å². The van der Waals surface area contributed by atoms with E-state index in [-0.39, 0.29) is 19.4 Å². The molecule has 11 nitrogen and oxygen atoms in total. The molecular weight excluding hydrogens is 1130 g/mol. The molecule has 8 unspecified atom stereocenters. The van der Waals surface area contributed by atoms with E-state index in [1.165, 1.54) is 186 Å². The number of esters is 1. The minimum absolute atomic E-state index is 0.113. The molecule has 0 spiro atoms. The Bertz CT molecular complexity index is 1860. The van der Waals surface area contributed by atoms with Crippen molar-refractivity contribution in [1.82, 2.24) is 5.32 Å². The average Bonchev–Trinajstić information content (AvgIpc) is 1.13. The molecule has 0 saturated carbocycles. The molecule has 0 radical (unpaired) electrons. The normalized spacial score (nSPS) is 18.5. The SMILES string of the molecule is CCCCC/C=C\C/C=C\C/C=C\C/C=C\CCCCCCCCCCCC(=O)OC1C(OCC(NC(=O)C(O)CCCCCCCCCCCCCCC/C=C\C/C=C\C/C=C\CCCCC)C(O)/C=C/CCCCCCCCCCC)OC(CO)C(O)C1O. The fraction of sp³-hybridized carbons (Fsp3) is 0.775. The molecule has 6 N–H and O–H groups in total. The van der Waals surface area contributed by atoms with Gasteiger partial charge in [-0.3, -0.25) is 9.59 Å². The third kappa shape index (κ3) is 53.5. The highest BCUT2D eigenvalue weighted by atomic mass is 16.7. The van der Waals surface area contributed by atoms with Crippen LogP contribution in [0.4, 0.5) is 0 Å². The second kappa shape index (κ2) is 66.6. The van der Waals surface area contributed by atoms with E-state index in [1.807, 2.05) is 6.08 Å². The van der Waals surface area contributed by atoms with Gasteiger partial charge >= 0.3 is 5.97 Å². The first-order valence-electron chi connectivity index (χ1n) is 38.0. The van der Waals surface area contributed by atoms with E-state index in [2.05, 4.69) is 111 Å². The predicted molar refractivity (Wildman–Crippen MR) is 384 cm³/mol. The minimum atomic E-state index is -1.62. The Kier molecular flexibility index (Phi) is 62.6. The first-order chi connectivity index (χ1) is 44.7. The van der Waals surface area contributed by atoms with Gasteiger partial charge in [0.1, 0.15) is 24.4 Å². The average molecular weight is 1280 g/mol. The summed E-state index contributed by atoms with van der Waals surface area (Å²) in [5.41, 5.74) is 0. The molecule has 8 atom stereocenters. The Hall–Kier alpha value is -3.42. The number of aliphatic hydroxyl groups excluding tert-OH is 5. The van der Waals surface area contributed by atoms with Crippen LogP contribution in [0.1, 0.15) is 335 Å². The van der Waals surface area contributed by atoms with Gasteiger partial charge in [-0.05, 0) is 109 Å². The molecule has 1 saturated heterocycles. The molecule has 0 aromatic heterocycles. The summed E-state index contributed by atoms with van der Waals surface area (Å²) >= 11 is 0. The quantitative estimate of drug-likeness (QED) is 0.0195. The van der Waals surface area contributed by atoms with Crippen LogP contribution in [0, 0.1) is 0 Å². The van der Waals surface area contributed by atoms with E-state index in [0.717, 1.165) is 103 Å². The number of nitrogens with one attached hydrogen (secondary N) is 1. The number of ether oxygens (including phenoxy) is 3. The third-order valence-electron chi connectivity index (χ3n) is 17.5. The first kappa shape index (κ1) is 85.6. The highest BCUT2D eigenvalue weighted by molar-refractivity contribution is 5.80. The Morgan fingerprint density at radius 3 is 1.15 bits per heavy atom. The molecule has 1 aliphatic rings. The zero-order valence-corrected chi connectivity index (χ0v) is 58.7. The van der Waals surface area contributed by atoms with Gasteiger partial charge in [0.05, 0.1) is 25.4 Å². The lowest BCUT2D eigenvalue weighted by Crippen LogP contribution is -2.61. The topological polar surface area (TPSA) is 175 Å². The van der Waals surface area contributed by atoms with Crippen LogP contribution in [0.15, 0.2) is 97.2 Å². The van der Waals surface area contributed by atoms with Crippen LogP contribution in [0.3, 0.4) is 0 Å². The molecule has 1 heterocycles. The number of allylic oxidation sites excluding steroid dienone is 15. The summed E-state index contributed by atoms with van der Waals surface area (Å²) in [6.07, 6.45) is 80.2. The lowest BCUT2D eigenvalue weighted by Gasteiger charge is -2.41. The summed E-state index contributed by atoms with van der Waals surface area (Å²) in [7, 11) is 0. The number of carbonyl (C=O) groups excluding carboxylic acids is 2. The monoisotopic (exact) mass is 1280 g/mol. The van der Waals surface area contributed by atoms with E-state index in [4.69, 9.17) is 14.2 Å². The molecule has 1 aliphatic heterocycles. The van der Waals surface area contributed by atoms with Gasteiger partial charge in [-0.25, -0.2) is 0 Å². The van der Waals surface area contributed by atoms with Crippen molar-refractivity contribution < 1.29 is 49.3 Å². The van der Waals surface area contributed by atoms with Crippen LogP contribution in [-0.4, -0.2) is 99.6 Å². The van der Waals surface area contributed by atoms with Crippen molar-refractivity contribution in [3.8, 4) is 0 Å². The van der Waals surface area contributed by atoms with Crippen LogP contribution in [0.5, 0.6) is 0 Å². The molecular formula is C80H141NO10. The van der Waals surface area contributed by atoms with Crippen LogP contribution in [-0.2, 0) is 23.8 Å². The van der Waals surface area contributed by atoms with Crippen molar-refractivity contribution >= 4 is 11.9 Å². The molecule has 1 fully saturated rings. The standard InChI is InChI=1S/C80H141NO10/c1-4-7-10-13-16-19-22-24-26-28-30-32-34-36-38-39-41-43-45-47-49-52-55-58-61-64-67-73(84)79(88)81-71(72(83)66-63-60-57-54-51-21-18-15-12-9-6-3)70-89-80-78(77(87)76(86)74(69-82)90-80)91-75(85)68-65-62-59-56-53-50-48-46-44-42-40-37-35-33-31-29-27-25-23-20-17-14-11-8-5-2/h16-17,19-20,24-27,30-33,37,40,63,66,71-74,76-78,80,82-84,86-87H,4-15,18,21-23,28-29,34-36,38-39,41-62,64-65,67-70H2,1-3H3,(H,81,88)/b19-16-,20-17-,26-24-,27-25-,32-30-,33-31-,40-37-,66-63+. The number of hydrogen-bond donors (Lipinski definition) is 6. The van der Waals surface area contributed by atoms with Crippen molar-refractivity contribution in [2.24, 2.45) is 0 Å². The summed E-state index contributed by atoms with van der Waals surface area (Å²) in [4.78, 5) is 26.7. The first-order valence-corrected chi connectivity index (χ1v) is 38.0. The maximum atomic E-state index is 13.5. The molecule has 1 rings (SSSR count). The van der Waals surface area contributed by atoms with E-state index >= 15 is 0 Å². The van der Waals surface area contributed by atoms with Crippen LogP contribution >= 0.6 is 0 Å². The summed E-state index contributed by atoms with van der Waals surface area (Å²) in [6, 6.07) is -1.03. The van der Waals surface area contributed by atoms with Crippen molar-refractivity contribution in [1.29, 1.82) is 0 Å². The second-order valence-electron chi connectivity index (χ2n) is 26.0. The largest absolute Gasteiger partial charge is 0.454 e. The second-order valence-corrected chi connectivity index (χ2v) is 26.0. The van der Waals surface area contributed by atoms with E-state index in [0.29, 0.717) is 12.8 Å². The highest BCUT2D eigenvalue weighted by Gasteiger charge is 2.47.